The van der Waals surface area contributed by atoms with Crippen molar-refractivity contribution in [3.63, 3.8) is 0 Å². The van der Waals surface area contributed by atoms with Crippen LogP contribution in [0.1, 0.15) is 30.7 Å². The van der Waals surface area contributed by atoms with Crippen molar-refractivity contribution in [3.8, 4) is 0 Å². The zero-order valence-corrected chi connectivity index (χ0v) is 11.4. The van der Waals surface area contributed by atoms with Gasteiger partial charge < -0.3 is 15.6 Å². The van der Waals surface area contributed by atoms with Gasteiger partial charge in [-0.15, -0.1) is 0 Å². The average Bonchev–Trinajstić information content (AvgIpc) is 2.89. The molecule has 2 heterocycles. The summed E-state index contributed by atoms with van der Waals surface area (Å²) in [5.41, 5.74) is 8.37. The molecule has 1 aromatic heterocycles. The number of para-hydroxylation sites is 1. The summed E-state index contributed by atoms with van der Waals surface area (Å²) in [7, 11) is 0. The molecule has 1 aliphatic rings. The number of hydrogen-bond donors (Lipinski definition) is 2. The maximum atomic E-state index is 5.62. The van der Waals surface area contributed by atoms with Crippen LogP contribution >= 0.6 is 0 Å². The molecule has 3 heteroatoms. The molecule has 1 atom stereocenters. The first-order valence-corrected chi connectivity index (χ1v) is 7.37. The van der Waals surface area contributed by atoms with Crippen LogP contribution in [0.15, 0.2) is 30.5 Å². The summed E-state index contributed by atoms with van der Waals surface area (Å²) in [6.45, 7) is 4.37. The maximum Gasteiger partial charge on any atom is 0.0456 e. The molecule has 1 unspecified atom stereocenters. The molecule has 0 saturated carbocycles. The summed E-state index contributed by atoms with van der Waals surface area (Å²) < 4.78 is 0. The summed E-state index contributed by atoms with van der Waals surface area (Å²) in [6, 6.07) is 8.62. The van der Waals surface area contributed by atoms with Crippen molar-refractivity contribution in [1.29, 1.82) is 0 Å². The normalized spacial score (nSPS) is 21.0. The van der Waals surface area contributed by atoms with Crippen molar-refractivity contribution in [2.45, 2.75) is 25.2 Å². The predicted molar refractivity (Wildman–Crippen MR) is 80.4 cm³/mol. The molecule has 2 aromatic rings. The molecule has 3 rings (SSSR count). The van der Waals surface area contributed by atoms with E-state index >= 15 is 0 Å². The van der Waals surface area contributed by atoms with Crippen molar-refractivity contribution in [1.82, 2.24) is 9.88 Å². The zero-order chi connectivity index (χ0) is 13.1. The Balaban J connectivity index is 1.77. The number of aromatic nitrogens is 1. The number of fused-ring (bicyclic) bond motifs is 1. The predicted octanol–water partition coefficient (Wildman–Crippen LogP) is 2.70. The summed E-state index contributed by atoms with van der Waals surface area (Å²) in [6.07, 6.45) is 5.93. The third-order valence-corrected chi connectivity index (χ3v) is 4.25. The van der Waals surface area contributed by atoms with E-state index in [2.05, 4.69) is 40.3 Å². The fourth-order valence-electron chi connectivity index (χ4n) is 3.26. The molecule has 0 radical (unpaired) electrons. The van der Waals surface area contributed by atoms with Gasteiger partial charge in [0.15, 0.2) is 0 Å². The third kappa shape index (κ3) is 2.67. The topological polar surface area (TPSA) is 45.0 Å². The molecule has 0 aliphatic carbocycles. The second-order valence-electron chi connectivity index (χ2n) is 5.57. The van der Waals surface area contributed by atoms with Gasteiger partial charge in [-0.05, 0) is 56.4 Å². The van der Waals surface area contributed by atoms with Crippen LogP contribution in [0, 0.1) is 0 Å². The van der Waals surface area contributed by atoms with Crippen molar-refractivity contribution in [2.24, 2.45) is 5.73 Å². The lowest BCUT2D eigenvalue weighted by Gasteiger charge is -2.32. The van der Waals surface area contributed by atoms with E-state index in [0.717, 1.165) is 19.5 Å². The van der Waals surface area contributed by atoms with Gasteiger partial charge in [-0.3, -0.25) is 0 Å². The van der Waals surface area contributed by atoms with Crippen molar-refractivity contribution < 1.29 is 0 Å². The Bertz CT molecular complexity index is 532. The van der Waals surface area contributed by atoms with Crippen LogP contribution in [-0.2, 0) is 0 Å². The number of piperidine rings is 1. The maximum absolute atomic E-state index is 5.62. The highest BCUT2D eigenvalue weighted by molar-refractivity contribution is 5.83. The second-order valence-corrected chi connectivity index (χ2v) is 5.57. The molecule has 0 bridgehead atoms. The SMILES string of the molecule is NCCCN1CCCC(c2c[nH]c3ccccc23)C1. The van der Waals surface area contributed by atoms with E-state index in [1.807, 2.05) is 0 Å². The van der Waals surface area contributed by atoms with Crippen LogP contribution < -0.4 is 5.73 Å². The van der Waals surface area contributed by atoms with Crippen LogP contribution in [-0.4, -0.2) is 36.1 Å². The number of H-pyrrole nitrogens is 1. The van der Waals surface area contributed by atoms with E-state index < -0.39 is 0 Å². The Kier molecular flexibility index (Phi) is 3.85. The number of hydrogen-bond acceptors (Lipinski definition) is 2. The fourth-order valence-corrected chi connectivity index (χ4v) is 3.26. The van der Waals surface area contributed by atoms with Gasteiger partial charge in [0.05, 0.1) is 0 Å². The van der Waals surface area contributed by atoms with Gasteiger partial charge in [-0.25, -0.2) is 0 Å². The molecule has 1 aliphatic heterocycles. The molecule has 1 aromatic carbocycles. The van der Waals surface area contributed by atoms with E-state index in [-0.39, 0.29) is 0 Å². The minimum Gasteiger partial charge on any atom is -0.361 e. The number of aromatic amines is 1. The zero-order valence-electron chi connectivity index (χ0n) is 11.4. The molecule has 102 valence electrons. The number of likely N-dealkylation sites (tertiary alicyclic amines) is 1. The largest absolute Gasteiger partial charge is 0.361 e. The van der Waals surface area contributed by atoms with Gasteiger partial charge in [-0.2, -0.15) is 0 Å². The first-order valence-electron chi connectivity index (χ1n) is 7.37. The van der Waals surface area contributed by atoms with Crippen molar-refractivity contribution >= 4 is 10.9 Å². The third-order valence-electron chi connectivity index (χ3n) is 4.25. The summed E-state index contributed by atoms with van der Waals surface area (Å²) in [5, 5.41) is 1.40. The Morgan fingerprint density at radius 3 is 3.11 bits per heavy atom. The number of nitrogens with two attached hydrogens (primary N) is 1. The van der Waals surface area contributed by atoms with Gasteiger partial charge in [0.2, 0.25) is 0 Å². The molecule has 1 fully saturated rings. The first kappa shape index (κ1) is 12.7. The first-order chi connectivity index (χ1) is 9.38. The minimum absolute atomic E-state index is 0.669. The summed E-state index contributed by atoms with van der Waals surface area (Å²) in [5.74, 6) is 0.669. The molecule has 0 amide bonds. The van der Waals surface area contributed by atoms with Crippen LogP contribution in [0.25, 0.3) is 10.9 Å². The number of nitrogens with zero attached hydrogens (tertiary/aromatic N) is 1. The van der Waals surface area contributed by atoms with Crippen LogP contribution in [0.2, 0.25) is 0 Å². The Morgan fingerprint density at radius 1 is 1.32 bits per heavy atom. The van der Waals surface area contributed by atoms with E-state index in [9.17, 15) is 0 Å². The van der Waals surface area contributed by atoms with Crippen molar-refractivity contribution in [2.75, 3.05) is 26.2 Å². The monoisotopic (exact) mass is 257 g/mol. The fraction of sp³-hybridized carbons (Fsp3) is 0.500. The molecular formula is C16H23N3. The highest BCUT2D eigenvalue weighted by atomic mass is 15.1. The second kappa shape index (κ2) is 5.76. The quantitative estimate of drug-likeness (QED) is 0.884. The Labute approximate surface area is 114 Å². The molecular weight excluding hydrogens is 234 g/mol. The molecule has 3 N–H and O–H groups in total. The Hall–Kier alpha value is -1.32. The molecule has 1 saturated heterocycles. The highest BCUT2D eigenvalue weighted by Gasteiger charge is 2.22. The standard InChI is InChI=1S/C16H23N3/c17-8-4-10-19-9-3-5-13(12-19)15-11-18-16-7-2-1-6-14(15)16/h1-2,6-7,11,13,18H,3-5,8-10,12,17H2. The smallest absolute Gasteiger partial charge is 0.0456 e. The van der Waals surface area contributed by atoms with Gasteiger partial charge >= 0.3 is 0 Å². The van der Waals surface area contributed by atoms with Crippen LogP contribution in [0.3, 0.4) is 0 Å². The van der Waals surface area contributed by atoms with E-state index in [1.165, 1.54) is 42.4 Å². The lowest BCUT2D eigenvalue weighted by Crippen LogP contribution is -2.35. The van der Waals surface area contributed by atoms with E-state index in [0.29, 0.717) is 5.92 Å². The van der Waals surface area contributed by atoms with E-state index in [4.69, 9.17) is 5.73 Å². The number of benzene rings is 1. The average molecular weight is 257 g/mol. The van der Waals surface area contributed by atoms with Gasteiger partial charge in [0, 0.05) is 23.6 Å². The summed E-state index contributed by atoms with van der Waals surface area (Å²) >= 11 is 0. The van der Waals surface area contributed by atoms with Gasteiger partial charge in [0.25, 0.3) is 0 Å². The van der Waals surface area contributed by atoms with Crippen LogP contribution in [0.4, 0.5) is 0 Å². The Morgan fingerprint density at radius 2 is 2.21 bits per heavy atom. The number of rotatable bonds is 4. The lowest BCUT2D eigenvalue weighted by molar-refractivity contribution is 0.207. The minimum atomic E-state index is 0.669. The van der Waals surface area contributed by atoms with Gasteiger partial charge in [0.1, 0.15) is 0 Å². The summed E-state index contributed by atoms with van der Waals surface area (Å²) in [4.78, 5) is 5.98. The molecule has 19 heavy (non-hydrogen) atoms. The number of nitrogens with one attached hydrogen (secondary N) is 1. The van der Waals surface area contributed by atoms with Crippen LogP contribution in [0.5, 0.6) is 0 Å². The van der Waals surface area contributed by atoms with Gasteiger partial charge in [-0.1, -0.05) is 18.2 Å². The highest BCUT2D eigenvalue weighted by Crippen LogP contribution is 2.32. The van der Waals surface area contributed by atoms with E-state index in [1.54, 1.807) is 0 Å². The lowest BCUT2D eigenvalue weighted by atomic mass is 9.90. The molecule has 0 spiro atoms. The van der Waals surface area contributed by atoms with Crippen molar-refractivity contribution in [3.05, 3.63) is 36.0 Å². The molecule has 3 nitrogen and oxygen atoms in total.